The van der Waals surface area contributed by atoms with Crippen LogP contribution in [0.3, 0.4) is 0 Å². The monoisotopic (exact) mass is 389 g/mol. The quantitative estimate of drug-likeness (QED) is 0.638. The van der Waals surface area contributed by atoms with Gasteiger partial charge in [0, 0.05) is 29.4 Å². The van der Waals surface area contributed by atoms with Crippen LogP contribution in [0.2, 0.25) is 0 Å². The van der Waals surface area contributed by atoms with Gasteiger partial charge < -0.3 is 5.32 Å². The number of nitrogens with one attached hydrogen (secondary N) is 1. The Bertz CT molecular complexity index is 1030. The molecular weight excluding hydrogens is 370 g/mol. The normalized spacial score (nSPS) is 15.6. The van der Waals surface area contributed by atoms with Crippen molar-refractivity contribution in [3.05, 3.63) is 63.2 Å². The van der Waals surface area contributed by atoms with Crippen LogP contribution in [-0.4, -0.2) is 31.5 Å². The van der Waals surface area contributed by atoms with Crippen molar-refractivity contribution in [1.82, 2.24) is 0 Å². The zero-order valence-electron chi connectivity index (χ0n) is 14.9. The van der Waals surface area contributed by atoms with Gasteiger partial charge in [0.1, 0.15) is 0 Å². The van der Waals surface area contributed by atoms with Crippen molar-refractivity contribution in [2.24, 2.45) is 0 Å². The van der Waals surface area contributed by atoms with E-state index in [0.29, 0.717) is 35.5 Å². The zero-order chi connectivity index (χ0) is 19.8. The van der Waals surface area contributed by atoms with E-state index in [0.717, 1.165) is 5.56 Å². The molecule has 0 radical (unpaired) electrons. The highest BCUT2D eigenvalue weighted by Gasteiger charge is 2.28. The lowest BCUT2D eigenvalue weighted by Gasteiger charge is -2.18. The van der Waals surface area contributed by atoms with Gasteiger partial charge in [-0.05, 0) is 56.2 Å². The van der Waals surface area contributed by atoms with Crippen LogP contribution in [-0.2, 0) is 10.0 Å². The average molecular weight is 389 g/mol. The van der Waals surface area contributed by atoms with Gasteiger partial charge in [-0.15, -0.1) is 0 Å². The molecule has 0 aliphatic carbocycles. The number of benzene rings is 2. The number of aryl methyl sites for hydroxylation is 2. The van der Waals surface area contributed by atoms with Gasteiger partial charge in [-0.2, -0.15) is 0 Å². The van der Waals surface area contributed by atoms with Gasteiger partial charge in [-0.3, -0.25) is 19.2 Å². The Kier molecular flexibility index (Phi) is 4.88. The molecule has 8 nitrogen and oxygen atoms in total. The second kappa shape index (κ2) is 6.99. The molecule has 0 bridgehead atoms. The van der Waals surface area contributed by atoms with Crippen LogP contribution < -0.4 is 9.62 Å². The lowest BCUT2D eigenvalue weighted by Crippen LogP contribution is -2.25. The third-order valence-electron chi connectivity index (χ3n) is 4.50. The molecule has 1 aliphatic rings. The summed E-state index contributed by atoms with van der Waals surface area (Å²) in [5.74, 6) is -0.248. The molecule has 0 atom stereocenters. The van der Waals surface area contributed by atoms with Crippen LogP contribution in [0, 0.1) is 24.0 Å². The molecule has 1 fully saturated rings. The number of anilines is 2. The first-order valence-electron chi connectivity index (χ1n) is 8.36. The van der Waals surface area contributed by atoms with Crippen molar-refractivity contribution in [2.75, 3.05) is 21.9 Å². The number of amides is 1. The van der Waals surface area contributed by atoms with Gasteiger partial charge in [0.2, 0.25) is 10.0 Å². The third-order valence-corrected chi connectivity index (χ3v) is 6.37. The van der Waals surface area contributed by atoms with E-state index in [1.165, 1.54) is 22.5 Å². The number of sulfonamides is 1. The minimum atomic E-state index is -3.26. The number of nitro benzene ring substituents is 1. The van der Waals surface area contributed by atoms with Gasteiger partial charge in [0.05, 0.1) is 16.4 Å². The SMILES string of the molecule is Cc1cc(N2CCCS2(=O)=O)ccc1NC(=O)c1ccc([N+](=O)[O-])c(C)c1. The first-order valence-corrected chi connectivity index (χ1v) is 9.97. The summed E-state index contributed by atoms with van der Waals surface area (Å²) < 4.78 is 25.5. The minimum absolute atomic E-state index is 0.0427. The molecule has 2 aromatic rings. The van der Waals surface area contributed by atoms with E-state index in [4.69, 9.17) is 0 Å². The lowest BCUT2D eigenvalue weighted by atomic mass is 10.1. The molecule has 9 heteroatoms. The Hall–Kier alpha value is -2.94. The summed E-state index contributed by atoms with van der Waals surface area (Å²) in [6.07, 6.45) is 0.597. The molecule has 3 rings (SSSR count). The first-order chi connectivity index (χ1) is 12.7. The average Bonchev–Trinajstić information content (AvgIpc) is 2.95. The molecule has 27 heavy (non-hydrogen) atoms. The van der Waals surface area contributed by atoms with Gasteiger partial charge in [-0.25, -0.2) is 8.42 Å². The standard InChI is InChI=1S/C18H19N3O5S/c1-12-11-15(20-8-3-9-27(20,25)26)5-6-16(12)19-18(22)14-4-7-17(21(23)24)13(2)10-14/h4-7,10-11H,3,8-9H2,1-2H3,(H,19,22). The Labute approximate surface area is 157 Å². The molecule has 1 amide bonds. The molecule has 1 saturated heterocycles. The van der Waals surface area contributed by atoms with E-state index < -0.39 is 20.9 Å². The predicted octanol–water partition coefficient (Wildman–Crippen LogP) is 3.00. The number of hydrogen-bond donors (Lipinski definition) is 1. The molecular formula is C18H19N3O5S. The van der Waals surface area contributed by atoms with E-state index >= 15 is 0 Å². The van der Waals surface area contributed by atoms with Gasteiger partial charge >= 0.3 is 0 Å². The molecule has 0 saturated carbocycles. The van der Waals surface area contributed by atoms with Crippen molar-refractivity contribution in [3.63, 3.8) is 0 Å². The van der Waals surface area contributed by atoms with Crippen molar-refractivity contribution in [1.29, 1.82) is 0 Å². The fourth-order valence-corrected chi connectivity index (χ4v) is 4.63. The molecule has 2 aromatic carbocycles. The highest BCUT2D eigenvalue weighted by Crippen LogP contribution is 2.28. The van der Waals surface area contributed by atoms with Crippen LogP contribution in [0.25, 0.3) is 0 Å². The number of nitro groups is 1. The van der Waals surface area contributed by atoms with Crippen molar-refractivity contribution in [2.45, 2.75) is 20.3 Å². The number of carbonyl (C=O) groups is 1. The maximum atomic E-state index is 12.5. The smallest absolute Gasteiger partial charge is 0.272 e. The summed E-state index contributed by atoms with van der Waals surface area (Å²) in [7, 11) is -3.26. The van der Waals surface area contributed by atoms with Crippen molar-refractivity contribution >= 4 is 33.0 Å². The summed E-state index contributed by atoms with van der Waals surface area (Å²) >= 11 is 0. The van der Waals surface area contributed by atoms with Crippen LogP contribution in [0.15, 0.2) is 36.4 Å². The van der Waals surface area contributed by atoms with Crippen LogP contribution in [0.4, 0.5) is 17.1 Å². The number of rotatable bonds is 4. The topological polar surface area (TPSA) is 110 Å². The highest BCUT2D eigenvalue weighted by atomic mass is 32.2. The predicted molar refractivity (Wildman–Crippen MR) is 103 cm³/mol. The van der Waals surface area contributed by atoms with E-state index in [1.807, 2.05) is 0 Å². The first kappa shape index (κ1) is 18.8. The molecule has 1 N–H and O–H groups in total. The van der Waals surface area contributed by atoms with Crippen LogP contribution >= 0.6 is 0 Å². The summed E-state index contributed by atoms with van der Waals surface area (Å²) in [5, 5.41) is 13.6. The van der Waals surface area contributed by atoms with E-state index in [1.54, 1.807) is 32.0 Å². The van der Waals surface area contributed by atoms with Crippen LogP contribution in [0.5, 0.6) is 0 Å². The second-order valence-corrected chi connectivity index (χ2v) is 8.47. The lowest BCUT2D eigenvalue weighted by molar-refractivity contribution is -0.385. The summed E-state index contributed by atoms with van der Waals surface area (Å²) in [4.78, 5) is 22.8. The molecule has 1 aliphatic heterocycles. The summed E-state index contributed by atoms with van der Waals surface area (Å²) in [6, 6.07) is 9.22. The van der Waals surface area contributed by atoms with Crippen LogP contribution in [0.1, 0.15) is 27.9 Å². The van der Waals surface area contributed by atoms with Crippen molar-refractivity contribution < 1.29 is 18.1 Å². The Morgan fingerprint density at radius 2 is 1.89 bits per heavy atom. The maximum absolute atomic E-state index is 12.5. The Balaban J connectivity index is 1.81. The molecule has 0 unspecified atom stereocenters. The molecule has 0 aromatic heterocycles. The fourth-order valence-electron chi connectivity index (χ4n) is 3.07. The summed E-state index contributed by atoms with van der Waals surface area (Å²) in [6.45, 7) is 3.81. The van der Waals surface area contributed by atoms with Gasteiger partial charge in [-0.1, -0.05) is 0 Å². The molecule has 142 valence electrons. The minimum Gasteiger partial charge on any atom is -0.322 e. The third kappa shape index (κ3) is 3.77. The number of carbonyl (C=O) groups excluding carboxylic acids is 1. The number of nitrogens with zero attached hydrogens (tertiary/aromatic N) is 2. The Morgan fingerprint density at radius 1 is 1.15 bits per heavy atom. The van der Waals surface area contributed by atoms with Gasteiger partial charge in [0.25, 0.3) is 11.6 Å². The van der Waals surface area contributed by atoms with E-state index in [9.17, 15) is 23.3 Å². The van der Waals surface area contributed by atoms with Gasteiger partial charge in [0.15, 0.2) is 0 Å². The second-order valence-electron chi connectivity index (χ2n) is 6.45. The fraction of sp³-hybridized carbons (Fsp3) is 0.278. The van der Waals surface area contributed by atoms with Crippen molar-refractivity contribution in [3.8, 4) is 0 Å². The number of hydrogen-bond acceptors (Lipinski definition) is 5. The maximum Gasteiger partial charge on any atom is 0.272 e. The summed E-state index contributed by atoms with van der Waals surface area (Å²) in [5.41, 5.74) is 2.52. The zero-order valence-corrected chi connectivity index (χ0v) is 15.7. The molecule has 0 spiro atoms. The van der Waals surface area contributed by atoms with E-state index in [-0.39, 0.29) is 11.4 Å². The van der Waals surface area contributed by atoms with E-state index in [2.05, 4.69) is 5.32 Å². The largest absolute Gasteiger partial charge is 0.322 e. The Morgan fingerprint density at radius 3 is 2.44 bits per heavy atom. The molecule has 1 heterocycles. The highest BCUT2D eigenvalue weighted by molar-refractivity contribution is 7.93.